The summed E-state index contributed by atoms with van der Waals surface area (Å²) in [6.07, 6.45) is 1.54. The largest absolute Gasteiger partial charge is 0.258 e. The Morgan fingerprint density at radius 2 is 2.46 bits per heavy atom. The van der Waals surface area contributed by atoms with E-state index in [2.05, 4.69) is 16.3 Å². The van der Waals surface area contributed by atoms with Gasteiger partial charge in [0.1, 0.15) is 0 Å². The molecular formula is C7H10N2O2S2. The highest BCUT2D eigenvalue weighted by molar-refractivity contribution is 7.93. The third-order valence-electron chi connectivity index (χ3n) is 1.11. The van der Waals surface area contributed by atoms with E-state index < -0.39 is 10.0 Å². The van der Waals surface area contributed by atoms with Crippen molar-refractivity contribution in [2.24, 2.45) is 0 Å². The lowest BCUT2D eigenvalue weighted by atomic mass is 10.4. The van der Waals surface area contributed by atoms with Crippen LogP contribution in [0.1, 0.15) is 6.92 Å². The van der Waals surface area contributed by atoms with Gasteiger partial charge in [0.25, 0.3) is 0 Å². The van der Waals surface area contributed by atoms with Crippen molar-refractivity contribution in [2.75, 3.05) is 10.5 Å². The van der Waals surface area contributed by atoms with Crippen molar-refractivity contribution in [2.45, 2.75) is 6.92 Å². The van der Waals surface area contributed by atoms with Crippen molar-refractivity contribution >= 4 is 26.5 Å². The number of hydrogen-bond donors (Lipinski definition) is 1. The average Bonchev–Trinajstić information content (AvgIpc) is 2.34. The van der Waals surface area contributed by atoms with E-state index in [1.54, 1.807) is 18.5 Å². The predicted molar refractivity (Wildman–Crippen MR) is 54.3 cm³/mol. The van der Waals surface area contributed by atoms with Crippen LogP contribution in [0.5, 0.6) is 0 Å². The fourth-order valence-electron chi connectivity index (χ4n) is 0.767. The SMILES string of the molecule is C=C(C)CS(=O)(=O)Nc1nccs1. The van der Waals surface area contributed by atoms with Gasteiger partial charge >= 0.3 is 0 Å². The van der Waals surface area contributed by atoms with Crippen LogP contribution in [0.4, 0.5) is 5.13 Å². The monoisotopic (exact) mass is 218 g/mol. The van der Waals surface area contributed by atoms with Gasteiger partial charge in [-0.2, -0.15) is 0 Å². The molecule has 0 amide bonds. The minimum absolute atomic E-state index is 0.0629. The Labute approximate surface area is 81.4 Å². The Hall–Kier alpha value is -0.880. The molecule has 0 atom stereocenters. The van der Waals surface area contributed by atoms with E-state index in [-0.39, 0.29) is 5.75 Å². The second-order valence-electron chi connectivity index (χ2n) is 2.66. The fraction of sp³-hybridized carbons (Fsp3) is 0.286. The topological polar surface area (TPSA) is 59.1 Å². The Balaban J connectivity index is 2.68. The van der Waals surface area contributed by atoms with Crippen LogP contribution in [0.15, 0.2) is 23.7 Å². The molecule has 0 bridgehead atoms. The molecule has 0 saturated carbocycles. The molecule has 0 aliphatic heterocycles. The number of nitrogens with zero attached hydrogens (tertiary/aromatic N) is 1. The lowest BCUT2D eigenvalue weighted by Gasteiger charge is -2.03. The molecular weight excluding hydrogens is 208 g/mol. The number of rotatable bonds is 4. The molecule has 0 saturated heterocycles. The Kier molecular flexibility index (Phi) is 3.05. The van der Waals surface area contributed by atoms with Crippen LogP contribution in [-0.4, -0.2) is 19.2 Å². The van der Waals surface area contributed by atoms with Gasteiger partial charge in [-0.25, -0.2) is 13.4 Å². The molecule has 4 nitrogen and oxygen atoms in total. The second-order valence-corrected chi connectivity index (χ2v) is 5.27. The summed E-state index contributed by atoms with van der Waals surface area (Å²) in [6.45, 7) is 5.20. The number of anilines is 1. The van der Waals surface area contributed by atoms with Crippen LogP contribution in [0.2, 0.25) is 0 Å². The molecule has 0 fully saturated rings. The summed E-state index contributed by atoms with van der Waals surface area (Å²) in [5, 5.41) is 2.10. The minimum Gasteiger partial charge on any atom is -0.258 e. The van der Waals surface area contributed by atoms with E-state index in [1.807, 2.05) is 0 Å². The molecule has 1 rings (SSSR count). The number of sulfonamides is 1. The standard InChI is InChI=1S/C7H10N2O2S2/c1-6(2)5-13(10,11)9-7-8-3-4-12-7/h3-4H,1,5H2,2H3,(H,8,9). The summed E-state index contributed by atoms with van der Waals surface area (Å²) in [5.74, 6) is -0.0629. The Morgan fingerprint density at radius 1 is 1.77 bits per heavy atom. The second kappa shape index (κ2) is 3.89. The summed E-state index contributed by atoms with van der Waals surface area (Å²) in [7, 11) is -3.31. The average molecular weight is 218 g/mol. The molecule has 0 aliphatic rings. The van der Waals surface area contributed by atoms with Gasteiger partial charge in [-0.15, -0.1) is 11.3 Å². The molecule has 6 heteroatoms. The first kappa shape index (κ1) is 10.2. The van der Waals surface area contributed by atoms with Crippen LogP contribution in [0, 0.1) is 0 Å². The van der Waals surface area contributed by atoms with Crippen molar-refractivity contribution in [3.8, 4) is 0 Å². The third-order valence-corrected chi connectivity index (χ3v) is 3.31. The molecule has 72 valence electrons. The smallest absolute Gasteiger partial charge is 0.238 e. The fourth-order valence-corrected chi connectivity index (χ4v) is 2.75. The highest BCUT2D eigenvalue weighted by atomic mass is 32.2. The molecule has 0 unspecified atom stereocenters. The molecule has 1 aromatic heterocycles. The van der Waals surface area contributed by atoms with Gasteiger partial charge < -0.3 is 0 Å². The first-order valence-corrected chi connectivity index (χ1v) is 6.07. The first-order valence-electron chi connectivity index (χ1n) is 3.54. The van der Waals surface area contributed by atoms with Gasteiger partial charge in [-0.3, -0.25) is 4.72 Å². The van der Waals surface area contributed by atoms with Crippen molar-refractivity contribution in [1.82, 2.24) is 4.98 Å². The number of thiazole rings is 1. The number of nitrogens with one attached hydrogen (secondary N) is 1. The molecule has 1 aromatic rings. The first-order chi connectivity index (χ1) is 5.99. The summed E-state index contributed by atoms with van der Waals surface area (Å²) in [4.78, 5) is 3.81. The third kappa shape index (κ3) is 3.56. The van der Waals surface area contributed by atoms with E-state index in [0.717, 1.165) is 0 Å². The summed E-state index contributed by atoms with van der Waals surface area (Å²) in [5.41, 5.74) is 0.601. The van der Waals surface area contributed by atoms with E-state index in [1.165, 1.54) is 11.3 Å². The maximum atomic E-state index is 11.3. The summed E-state index contributed by atoms with van der Waals surface area (Å²) in [6, 6.07) is 0. The lowest BCUT2D eigenvalue weighted by molar-refractivity contribution is 0.603. The zero-order chi connectivity index (χ0) is 9.90. The van der Waals surface area contributed by atoms with Crippen molar-refractivity contribution in [3.63, 3.8) is 0 Å². The molecule has 1 N–H and O–H groups in total. The van der Waals surface area contributed by atoms with Crippen molar-refractivity contribution < 1.29 is 8.42 Å². The van der Waals surface area contributed by atoms with Gasteiger partial charge in [0.05, 0.1) is 5.75 Å². The van der Waals surface area contributed by atoms with E-state index in [9.17, 15) is 8.42 Å². The number of aromatic nitrogens is 1. The molecule has 13 heavy (non-hydrogen) atoms. The molecule has 1 heterocycles. The molecule has 0 spiro atoms. The van der Waals surface area contributed by atoms with Crippen LogP contribution in [0.25, 0.3) is 0 Å². The van der Waals surface area contributed by atoms with Crippen LogP contribution >= 0.6 is 11.3 Å². The molecule has 0 aromatic carbocycles. The normalized spacial score (nSPS) is 11.2. The van der Waals surface area contributed by atoms with E-state index >= 15 is 0 Å². The van der Waals surface area contributed by atoms with E-state index in [0.29, 0.717) is 10.7 Å². The lowest BCUT2D eigenvalue weighted by Crippen LogP contribution is -2.16. The highest BCUT2D eigenvalue weighted by Crippen LogP contribution is 2.13. The van der Waals surface area contributed by atoms with Crippen molar-refractivity contribution in [1.29, 1.82) is 0 Å². The predicted octanol–water partition coefficient (Wildman–Crippen LogP) is 1.46. The van der Waals surface area contributed by atoms with Crippen LogP contribution < -0.4 is 4.72 Å². The van der Waals surface area contributed by atoms with Gasteiger partial charge in [-0.05, 0) is 6.92 Å². The summed E-state index contributed by atoms with van der Waals surface area (Å²) < 4.78 is 25.0. The Morgan fingerprint density at radius 3 is 2.92 bits per heavy atom. The zero-order valence-electron chi connectivity index (χ0n) is 7.15. The van der Waals surface area contributed by atoms with Gasteiger partial charge in [0.2, 0.25) is 10.0 Å². The van der Waals surface area contributed by atoms with Gasteiger partial charge in [-0.1, -0.05) is 12.2 Å². The number of hydrogen-bond acceptors (Lipinski definition) is 4. The summed E-state index contributed by atoms with van der Waals surface area (Å²) >= 11 is 1.25. The van der Waals surface area contributed by atoms with Crippen LogP contribution in [0.3, 0.4) is 0 Å². The Bertz CT molecular complexity index is 381. The minimum atomic E-state index is -3.31. The van der Waals surface area contributed by atoms with Crippen LogP contribution in [-0.2, 0) is 10.0 Å². The maximum absolute atomic E-state index is 11.3. The molecule has 0 radical (unpaired) electrons. The van der Waals surface area contributed by atoms with Gasteiger partial charge in [0.15, 0.2) is 5.13 Å². The zero-order valence-corrected chi connectivity index (χ0v) is 8.78. The maximum Gasteiger partial charge on any atom is 0.238 e. The van der Waals surface area contributed by atoms with Crippen molar-refractivity contribution in [3.05, 3.63) is 23.7 Å². The highest BCUT2D eigenvalue weighted by Gasteiger charge is 2.11. The quantitative estimate of drug-likeness (QED) is 0.778. The van der Waals surface area contributed by atoms with E-state index in [4.69, 9.17) is 0 Å². The van der Waals surface area contributed by atoms with Gasteiger partial charge in [0, 0.05) is 11.6 Å². The molecule has 0 aliphatic carbocycles.